The molecule has 1 aromatic heterocycles. The summed E-state index contributed by atoms with van der Waals surface area (Å²) in [7, 11) is 1.46. The summed E-state index contributed by atoms with van der Waals surface area (Å²) in [5.41, 5.74) is 7.15. The summed E-state index contributed by atoms with van der Waals surface area (Å²) in [4.78, 5) is 21.4. The molecule has 42 heavy (non-hydrogen) atoms. The summed E-state index contributed by atoms with van der Waals surface area (Å²) in [6, 6.07) is 13.3. The zero-order chi connectivity index (χ0) is 30.1. The number of hydrogen-bond acceptors (Lipinski definition) is 9. The number of nitrogens with two attached hydrogens (primary N) is 1. The molecule has 0 saturated carbocycles. The van der Waals surface area contributed by atoms with Crippen LogP contribution in [0.1, 0.15) is 36.5 Å². The van der Waals surface area contributed by atoms with E-state index in [0.717, 1.165) is 0 Å². The fourth-order valence-electron chi connectivity index (χ4n) is 5.58. The van der Waals surface area contributed by atoms with Crippen molar-refractivity contribution < 1.29 is 32.5 Å². The smallest absolute Gasteiger partial charge is 0.429 e. The van der Waals surface area contributed by atoms with Crippen LogP contribution in [-0.4, -0.2) is 60.0 Å². The molecule has 2 aliphatic heterocycles. The molecule has 2 aliphatic rings. The Bertz CT molecular complexity index is 1500. The van der Waals surface area contributed by atoms with Gasteiger partial charge in [0.15, 0.2) is 0 Å². The van der Waals surface area contributed by atoms with Gasteiger partial charge in [-0.2, -0.15) is 28.4 Å². The molecule has 1 unspecified atom stereocenters. The Kier molecular flexibility index (Phi) is 7.83. The van der Waals surface area contributed by atoms with Crippen LogP contribution < -0.4 is 25.4 Å². The molecular formula is C29H29F3N6O4. The molecule has 13 heteroatoms. The van der Waals surface area contributed by atoms with E-state index in [2.05, 4.69) is 15.3 Å². The number of aromatic nitrogens is 2. The molecule has 10 nitrogen and oxygen atoms in total. The lowest BCUT2D eigenvalue weighted by Crippen LogP contribution is -2.41. The van der Waals surface area contributed by atoms with Crippen LogP contribution in [0.2, 0.25) is 0 Å². The van der Waals surface area contributed by atoms with Crippen molar-refractivity contribution >= 4 is 17.7 Å². The molecule has 3 aromatic rings. The van der Waals surface area contributed by atoms with Crippen molar-refractivity contribution in [2.24, 2.45) is 5.41 Å². The third-order valence-corrected chi connectivity index (χ3v) is 7.87. The number of nitrogens with zero attached hydrogens (tertiary/aromatic N) is 4. The number of carbonyl (C=O) groups is 1. The van der Waals surface area contributed by atoms with Gasteiger partial charge >= 0.3 is 12.1 Å². The second-order valence-corrected chi connectivity index (χ2v) is 10.6. The number of carboxylic acids is 1. The monoisotopic (exact) mass is 582 g/mol. The number of nitrogens with one attached hydrogen (secondary N) is 1. The molecule has 2 atom stereocenters. The Hall–Kier alpha value is -4.57. The zero-order valence-corrected chi connectivity index (χ0v) is 22.7. The minimum atomic E-state index is -4.76. The highest BCUT2D eigenvalue weighted by Gasteiger charge is 2.45. The highest BCUT2D eigenvalue weighted by molar-refractivity contribution is 5.74. The van der Waals surface area contributed by atoms with Gasteiger partial charge in [-0.15, -0.1) is 0 Å². The van der Waals surface area contributed by atoms with Crippen molar-refractivity contribution in [2.45, 2.75) is 37.6 Å². The lowest BCUT2D eigenvalue weighted by Gasteiger charge is -2.39. The number of halogens is 3. The van der Waals surface area contributed by atoms with Crippen LogP contribution in [-0.2, 0) is 4.79 Å². The lowest BCUT2D eigenvalue weighted by molar-refractivity contribution is -0.198. The number of ether oxygens (including phenoxy) is 2. The number of rotatable bonds is 7. The molecule has 220 valence electrons. The molecular weight excluding hydrogens is 553 g/mol. The van der Waals surface area contributed by atoms with Gasteiger partial charge in [-0.3, -0.25) is 4.79 Å². The average molecular weight is 583 g/mol. The molecule has 3 heterocycles. The third kappa shape index (κ3) is 6.18. The van der Waals surface area contributed by atoms with Crippen LogP contribution in [0.5, 0.6) is 11.6 Å². The summed E-state index contributed by atoms with van der Waals surface area (Å²) in [6.07, 6.45) is -5.16. The van der Waals surface area contributed by atoms with Crippen molar-refractivity contribution in [3.63, 3.8) is 0 Å². The Balaban J connectivity index is 1.34. The van der Waals surface area contributed by atoms with Crippen LogP contribution in [0.15, 0.2) is 48.5 Å². The number of piperidine rings is 1. The maximum atomic E-state index is 14.2. The van der Waals surface area contributed by atoms with Gasteiger partial charge in [0, 0.05) is 31.3 Å². The van der Waals surface area contributed by atoms with Crippen LogP contribution in [0.3, 0.4) is 0 Å². The Morgan fingerprint density at radius 3 is 2.48 bits per heavy atom. The largest absolute Gasteiger partial charge is 0.497 e. The SMILES string of the molecule is COc1cc(C#N)cc(-c2ccc(C(Oc3cc(N4CCC5(CC4)CN[C@H](C(=O)O)C5)nc(N)n3)C(F)(F)F)cc2)c1. The maximum absolute atomic E-state index is 14.2. The number of anilines is 2. The van der Waals surface area contributed by atoms with E-state index in [1.807, 2.05) is 11.0 Å². The number of alkyl halides is 3. The quantitative estimate of drug-likeness (QED) is 0.368. The van der Waals surface area contributed by atoms with E-state index in [-0.39, 0.29) is 22.8 Å². The van der Waals surface area contributed by atoms with E-state index in [0.29, 0.717) is 67.2 Å². The van der Waals surface area contributed by atoms with Gasteiger partial charge in [0.05, 0.1) is 18.7 Å². The fourth-order valence-corrected chi connectivity index (χ4v) is 5.58. The van der Waals surface area contributed by atoms with Crippen LogP contribution >= 0.6 is 0 Å². The van der Waals surface area contributed by atoms with E-state index in [1.165, 1.54) is 37.4 Å². The van der Waals surface area contributed by atoms with Gasteiger partial charge in [-0.1, -0.05) is 24.3 Å². The number of nitriles is 1. The lowest BCUT2D eigenvalue weighted by atomic mass is 9.76. The van der Waals surface area contributed by atoms with Crippen LogP contribution in [0.25, 0.3) is 11.1 Å². The second kappa shape index (κ2) is 11.4. The van der Waals surface area contributed by atoms with E-state index >= 15 is 0 Å². The fraction of sp³-hybridized carbons (Fsp3) is 0.379. The zero-order valence-electron chi connectivity index (χ0n) is 22.7. The summed E-state index contributed by atoms with van der Waals surface area (Å²) in [5.74, 6) is -0.615. The van der Waals surface area contributed by atoms with Crippen molar-refractivity contribution in [3.05, 3.63) is 59.7 Å². The summed E-state index contributed by atoms with van der Waals surface area (Å²) >= 11 is 0. The number of carboxylic acid groups (broad SMARTS) is 1. The summed E-state index contributed by atoms with van der Waals surface area (Å²) in [6.45, 7) is 1.67. The topological polar surface area (TPSA) is 147 Å². The summed E-state index contributed by atoms with van der Waals surface area (Å²) < 4.78 is 53.3. The van der Waals surface area contributed by atoms with E-state index in [1.54, 1.807) is 18.2 Å². The minimum Gasteiger partial charge on any atom is -0.497 e. The van der Waals surface area contributed by atoms with Gasteiger partial charge in [0.1, 0.15) is 17.6 Å². The first-order valence-electron chi connectivity index (χ1n) is 13.3. The number of hydrogen-bond donors (Lipinski definition) is 3. The second-order valence-electron chi connectivity index (χ2n) is 10.6. The van der Waals surface area contributed by atoms with Gasteiger partial charge in [-0.05, 0) is 54.0 Å². The number of aliphatic carboxylic acids is 1. The van der Waals surface area contributed by atoms with E-state index < -0.39 is 24.3 Å². The van der Waals surface area contributed by atoms with Gasteiger partial charge < -0.3 is 30.5 Å². The molecule has 5 rings (SSSR count). The number of methoxy groups -OCH3 is 1. The maximum Gasteiger partial charge on any atom is 0.429 e. The third-order valence-electron chi connectivity index (χ3n) is 7.87. The number of nitrogen functional groups attached to an aromatic ring is 1. The standard InChI is InChI=1S/C29H29F3N6O4/c1-41-21-11-17(15-33)10-20(12-21)18-2-4-19(5-3-18)25(29(30,31)32)42-24-13-23(36-27(34)37-24)38-8-6-28(7-9-38)14-22(26(39)40)35-16-28/h2-5,10-13,22,25,35H,6-9,14,16H2,1H3,(H,39,40)(H2,34,36,37)/t22-,25?/m0/s1. The van der Waals surface area contributed by atoms with E-state index in [9.17, 15) is 28.3 Å². The van der Waals surface area contributed by atoms with Crippen molar-refractivity contribution in [3.8, 4) is 28.8 Å². The predicted octanol–water partition coefficient (Wildman–Crippen LogP) is 4.32. The van der Waals surface area contributed by atoms with Crippen molar-refractivity contribution in [1.82, 2.24) is 15.3 Å². The first kappa shape index (κ1) is 28.9. The van der Waals surface area contributed by atoms with E-state index in [4.69, 9.17) is 15.2 Å². The normalized spacial score (nSPS) is 18.8. The molecule has 0 amide bonds. The number of benzene rings is 2. The highest BCUT2D eigenvalue weighted by Crippen LogP contribution is 2.41. The van der Waals surface area contributed by atoms with Crippen LogP contribution in [0, 0.1) is 16.7 Å². The molecule has 1 spiro atoms. The predicted molar refractivity (Wildman–Crippen MR) is 147 cm³/mol. The molecule has 2 saturated heterocycles. The molecule has 4 N–H and O–H groups in total. The minimum absolute atomic E-state index is 0.144. The Morgan fingerprint density at radius 2 is 1.88 bits per heavy atom. The van der Waals surface area contributed by atoms with Gasteiger partial charge in [0.2, 0.25) is 17.9 Å². The molecule has 0 aliphatic carbocycles. The first-order valence-corrected chi connectivity index (χ1v) is 13.3. The van der Waals surface area contributed by atoms with Gasteiger partial charge in [0.25, 0.3) is 0 Å². The highest BCUT2D eigenvalue weighted by atomic mass is 19.4. The molecule has 0 radical (unpaired) electrons. The molecule has 2 aromatic carbocycles. The molecule has 0 bridgehead atoms. The molecule has 2 fully saturated rings. The van der Waals surface area contributed by atoms with Crippen molar-refractivity contribution in [1.29, 1.82) is 5.26 Å². The first-order chi connectivity index (χ1) is 20.0. The van der Waals surface area contributed by atoms with Gasteiger partial charge in [-0.25, -0.2) is 0 Å². The van der Waals surface area contributed by atoms with Crippen LogP contribution in [0.4, 0.5) is 24.9 Å². The Morgan fingerprint density at radius 1 is 1.17 bits per heavy atom. The Labute approximate surface area is 239 Å². The van der Waals surface area contributed by atoms with Crippen molar-refractivity contribution in [2.75, 3.05) is 37.4 Å². The summed E-state index contributed by atoms with van der Waals surface area (Å²) in [5, 5.41) is 21.7. The average Bonchev–Trinajstić information content (AvgIpc) is 3.39.